The molecule has 0 aromatic carbocycles. The van der Waals surface area contributed by atoms with Gasteiger partial charge in [0, 0.05) is 5.57 Å². The maximum Gasteiger partial charge on any atom is 0.412 e. The number of nitrogens with two attached hydrogens (primary N) is 1. The molecule has 0 saturated heterocycles. The summed E-state index contributed by atoms with van der Waals surface area (Å²) in [5.41, 5.74) is 4.78. The van der Waals surface area contributed by atoms with Gasteiger partial charge in [-0.1, -0.05) is 18.2 Å². The first kappa shape index (κ1) is 9.32. The highest BCUT2D eigenvalue weighted by atomic mass is 19.4. The summed E-state index contributed by atoms with van der Waals surface area (Å²) < 4.78 is 36.3. The van der Waals surface area contributed by atoms with E-state index in [1.807, 2.05) is 0 Å². The van der Waals surface area contributed by atoms with Gasteiger partial charge >= 0.3 is 6.18 Å². The smallest absolute Gasteiger partial charge is 0.330 e. The lowest BCUT2D eigenvalue weighted by Crippen LogP contribution is -2.21. The van der Waals surface area contributed by atoms with Crippen LogP contribution >= 0.6 is 0 Å². The summed E-state index contributed by atoms with van der Waals surface area (Å²) in [5, 5.41) is 0. The molecule has 1 aliphatic carbocycles. The van der Waals surface area contributed by atoms with E-state index in [0.29, 0.717) is 0 Å². The van der Waals surface area contributed by atoms with E-state index >= 15 is 0 Å². The van der Waals surface area contributed by atoms with Crippen LogP contribution in [0.25, 0.3) is 0 Å². The average Bonchev–Trinajstić information content (AvgIpc) is 2.03. The topological polar surface area (TPSA) is 26.0 Å². The maximum atomic E-state index is 12.1. The van der Waals surface area contributed by atoms with Gasteiger partial charge in [0.1, 0.15) is 0 Å². The summed E-state index contributed by atoms with van der Waals surface area (Å²) in [7, 11) is 0. The maximum absolute atomic E-state index is 12.1. The molecule has 2 N–H and O–H groups in total. The summed E-state index contributed by atoms with van der Waals surface area (Å²) in [6.07, 6.45) is 0.0416. The van der Waals surface area contributed by atoms with Gasteiger partial charge in [-0.25, -0.2) is 0 Å². The Labute approximate surface area is 68.7 Å². The molecular formula is C8H10F3N. The van der Waals surface area contributed by atoms with Gasteiger partial charge in [0.2, 0.25) is 0 Å². The largest absolute Gasteiger partial charge is 0.412 e. The molecule has 68 valence electrons. The van der Waals surface area contributed by atoms with Crippen molar-refractivity contribution in [1.82, 2.24) is 0 Å². The van der Waals surface area contributed by atoms with Gasteiger partial charge in [0.15, 0.2) is 0 Å². The van der Waals surface area contributed by atoms with Gasteiger partial charge in [-0.3, -0.25) is 0 Å². The minimum atomic E-state index is -4.20. The van der Waals surface area contributed by atoms with Crippen LogP contribution in [0.5, 0.6) is 0 Å². The van der Waals surface area contributed by atoms with E-state index in [2.05, 4.69) is 0 Å². The molecule has 0 aromatic rings. The zero-order valence-corrected chi connectivity index (χ0v) is 6.43. The number of alkyl halides is 3. The second-order valence-electron chi connectivity index (χ2n) is 2.77. The lowest BCUT2D eigenvalue weighted by atomic mass is 9.94. The third-order valence-electron chi connectivity index (χ3n) is 1.83. The summed E-state index contributed by atoms with van der Waals surface area (Å²) in [6.45, 7) is 0.268. The zero-order chi connectivity index (χ0) is 9.19. The first-order valence-corrected chi connectivity index (χ1v) is 3.68. The molecule has 0 aliphatic heterocycles. The first-order valence-electron chi connectivity index (χ1n) is 3.68. The molecule has 1 aliphatic rings. The minimum absolute atomic E-state index is 0.0104. The molecule has 0 spiro atoms. The van der Waals surface area contributed by atoms with Crippen molar-refractivity contribution in [2.24, 2.45) is 11.7 Å². The Bertz CT molecular complexity index is 215. The zero-order valence-electron chi connectivity index (χ0n) is 6.43. The van der Waals surface area contributed by atoms with Crippen LogP contribution in [-0.4, -0.2) is 12.7 Å². The van der Waals surface area contributed by atoms with Gasteiger partial charge in [-0.15, -0.1) is 0 Å². The average molecular weight is 177 g/mol. The van der Waals surface area contributed by atoms with Gasteiger partial charge in [-0.05, 0) is 18.9 Å². The Balaban J connectivity index is 2.70. The fraction of sp³-hybridized carbons (Fsp3) is 0.500. The fourth-order valence-electron chi connectivity index (χ4n) is 1.12. The summed E-state index contributed by atoms with van der Waals surface area (Å²) >= 11 is 0. The van der Waals surface area contributed by atoms with Crippen molar-refractivity contribution in [2.75, 3.05) is 6.54 Å². The van der Waals surface area contributed by atoms with Gasteiger partial charge in [0.25, 0.3) is 0 Å². The van der Waals surface area contributed by atoms with Crippen molar-refractivity contribution in [3.05, 3.63) is 23.8 Å². The Morgan fingerprint density at radius 2 is 2.17 bits per heavy atom. The van der Waals surface area contributed by atoms with E-state index in [-0.39, 0.29) is 18.9 Å². The molecule has 0 radical (unpaired) electrons. The molecule has 12 heavy (non-hydrogen) atoms. The lowest BCUT2D eigenvalue weighted by Gasteiger charge is -2.18. The summed E-state index contributed by atoms with van der Waals surface area (Å²) in [4.78, 5) is 0. The van der Waals surface area contributed by atoms with E-state index in [4.69, 9.17) is 5.73 Å². The van der Waals surface area contributed by atoms with Crippen molar-refractivity contribution < 1.29 is 13.2 Å². The van der Waals surface area contributed by atoms with Crippen LogP contribution in [0.15, 0.2) is 23.8 Å². The SMILES string of the molecule is NCC1C=CC=C(C(F)(F)F)C1. The molecule has 1 atom stereocenters. The van der Waals surface area contributed by atoms with Crippen LogP contribution in [0.1, 0.15) is 6.42 Å². The highest BCUT2D eigenvalue weighted by Crippen LogP contribution is 2.32. The molecule has 1 unspecified atom stereocenters. The third-order valence-corrected chi connectivity index (χ3v) is 1.83. The van der Waals surface area contributed by atoms with Crippen LogP contribution in [0, 0.1) is 5.92 Å². The number of hydrogen-bond acceptors (Lipinski definition) is 1. The number of hydrogen-bond donors (Lipinski definition) is 1. The molecule has 0 bridgehead atoms. The van der Waals surface area contributed by atoms with Crippen molar-refractivity contribution in [3.63, 3.8) is 0 Å². The van der Waals surface area contributed by atoms with E-state index in [1.54, 1.807) is 6.08 Å². The van der Waals surface area contributed by atoms with Crippen LogP contribution in [0.4, 0.5) is 13.2 Å². The Morgan fingerprint density at radius 1 is 1.50 bits per heavy atom. The van der Waals surface area contributed by atoms with Crippen molar-refractivity contribution >= 4 is 0 Å². The fourth-order valence-corrected chi connectivity index (χ4v) is 1.12. The Morgan fingerprint density at radius 3 is 2.67 bits per heavy atom. The summed E-state index contributed by atoms with van der Waals surface area (Å²) in [5.74, 6) is -0.161. The van der Waals surface area contributed by atoms with Gasteiger partial charge < -0.3 is 5.73 Å². The predicted octanol–water partition coefficient (Wildman–Crippen LogP) is 2.01. The second-order valence-corrected chi connectivity index (χ2v) is 2.77. The highest BCUT2D eigenvalue weighted by Gasteiger charge is 2.34. The molecule has 0 heterocycles. The minimum Gasteiger partial charge on any atom is -0.330 e. The third kappa shape index (κ3) is 2.11. The monoisotopic (exact) mass is 177 g/mol. The molecule has 4 heteroatoms. The standard InChI is InChI=1S/C8H10F3N/c9-8(10,11)7-3-1-2-6(4-7)5-12/h1-3,6H,4-5,12H2. The Kier molecular flexibility index (Phi) is 2.57. The summed E-state index contributed by atoms with van der Waals surface area (Å²) in [6, 6.07) is 0. The highest BCUT2D eigenvalue weighted by molar-refractivity contribution is 5.23. The number of rotatable bonds is 1. The van der Waals surface area contributed by atoms with Crippen molar-refractivity contribution in [3.8, 4) is 0 Å². The molecule has 1 rings (SSSR count). The molecule has 0 fully saturated rings. The van der Waals surface area contributed by atoms with Crippen molar-refractivity contribution in [1.29, 1.82) is 0 Å². The molecule has 1 nitrogen and oxygen atoms in total. The van der Waals surface area contributed by atoms with Crippen LogP contribution in [0.3, 0.4) is 0 Å². The van der Waals surface area contributed by atoms with Crippen LogP contribution in [-0.2, 0) is 0 Å². The quantitative estimate of drug-likeness (QED) is 0.651. The van der Waals surface area contributed by atoms with Crippen LogP contribution < -0.4 is 5.73 Å². The molecule has 0 saturated carbocycles. The van der Waals surface area contributed by atoms with E-state index < -0.39 is 11.7 Å². The van der Waals surface area contributed by atoms with Gasteiger partial charge in [-0.2, -0.15) is 13.2 Å². The normalized spacial score (nSPS) is 24.0. The van der Waals surface area contributed by atoms with E-state index in [9.17, 15) is 13.2 Å². The van der Waals surface area contributed by atoms with Crippen molar-refractivity contribution in [2.45, 2.75) is 12.6 Å². The lowest BCUT2D eigenvalue weighted by molar-refractivity contribution is -0.0950. The predicted molar refractivity (Wildman–Crippen MR) is 40.4 cm³/mol. The van der Waals surface area contributed by atoms with E-state index in [1.165, 1.54) is 6.08 Å². The Hall–Kier alpha value is -0.770. The molecular weight excluding hydrogens is 167 g/mol. The van der Waals surface area contributed by atoms with Crippen LogP contribution in [0.2, 0.25) is 0 Å². The number of allylic oxidation sites excluding steroid dienone is 3. The number of halogens is 3. The second kappa shape index (κ2) is 3.31. The van der Waals surface area contributed by atoms with Gasteiger partial charge in [0.05, 0.1) is 0 Å². The first-order chi connectivity index (χ1) is 5.54. The molecule has 0 amide bonds. The molecule has 0 aromatic heterocycles. The van der Waals surface area contributed by atoms with E-state index in [0.717, 1.165) is 6.08 Å².